The van der Waals surface area contributed by atoms with Gasteiger partial charge < -0.3 is 20.4 Å². The third kappa shape index (κ3) is 5.86. The van der Waals surface area contributed by atoms with Crippen molar-refractivity contribution in [1.82, 2.24) is 0 Å². The molecule has 5 aromatic carbocycles. The quantitative estimate of drug-likeness (QED) is 0.132. The second kappa shape index (κ2) is 12.9. The number of halogens is 8. The van der Waals surface area contributed by atoms with E-state index in [1.54, 1.807) is 48.5 Å². The van der Waals surface area contributed by atoms with Crippen molar-refractivity contribution in [2.75, 3.05) is 0 Å². The summed E-state index contributed by atoms with van der Waals surface area (Å²) in [5, 5.41) is 42.8. The van der Waals surface area contributed by atoms with Crippen molar-refractivity contribution in [2.45, 2.75) is 12.3 Å². The summed E-state index contributed by atoms with van der Waals surface area (Å²) in [6.45, 7) is 1.95. The zero-order chi connectivity index (χ0) is 32.2. The van der Waals surface area contributed by atoms with E-state index in [4.69, 9.17) is 46.4 Å². The first kappa shape index (κ1) is 33.7. The van der Waals surface area contributed by atoms with Crippen LogP contribution in [0.3, 0.4) is 0 Å². The van der Waals surface area contributed by atoms with Crippen LogP contribution in [-0.4, -0.2) is 20.4 Å². The van der Waals surface area contributed by atoms with Crippen LogP contribution in [0.5, 0.6) is 23.0 Å². The average molecular weight is 928 g/mol. The van der Waals surface area contributed by atoms with Crippen molar-refractivity contribution in [3.8, 4) is 34.1 Å². The Bertz CT molecular complexity index is 1750. The van der Waals surface area contributed by atoms with Gasteiger partial charge in [0.1, 0.15) is 23.0 Å². The number of phenolic OH excluding ortho intramolecular Hbond substituents is 4. The average Bonchev–Trinajstić information content (AvgIpc) is 2.96. The fourth-order valence-corrected chi connectivity index (χ4v) is 8.43. The molecule has 0 atom stereocenters. The largest absolute Gasteiger partial charge is 0.505 e. The van der Waals surface area contributed by atoms with E-state index in [0.29, 0.717) is 51.3 Å². The summed E-state index contributed by atoms with van der Waals surface area (Å²) in [6, 6.07) is 19.4. The molecule has 4 nitrogen and oxygen atoms in total. The maximum atomic E-state index is 10.7. The molecule has 0 fully saturated rings. The SMILES string of the molecule is Cc1ccc(C(c2cc(Cl)c(O)c(Br)c2)(c2cc(Cl)c(O)c(Br)c2)c2cc(Cl)c(O)c(Br)c2)c(-c2cc(Cl)c(O)c(Br)c2)c1. The van der Waals surface area contributed by atoms with Gasteiger partial charge in [-0.2, -0.15) is 0 Å². The third-order valence-electron chi connectivity index (χ3n) is 7.26. The zero-order valence-corrected chi connectivity index (χ0v) is 31.5. The summed E-state index contributed by atoms with van der Waals surface area (Å²) in [5.74, 6) is -0.568. The highest BCUT2D eigenvalue weighted by Gasteiger charge is 2.43. The molecule has 0 aliphatic heterocycles. The molecule has 0 unspecified atom stereocenters. The van der Waals surface area contributed by atoms with Crippen LogP contribution in [0.4, 0.5) is 0 Å². The lowest BCUT2D eigenvalue weighted by atomic mass is 9.63. The Hall–Kier alpha value is -1.62. The fourth-order valence-electron chi connectivity index (χ4n) is 5.26. The summed E-state index contributed by atoms with van der Waals surface area (Å²) in [4.78, 5) is 0. The molecule has 0 aliphatic carbocycles. The van der Waals surface area contributed by atoms with Crippen molar-refractivity contribution >= 4 is 110 Å². The standard InChI is InChI=1S/C32H18Br4Cl4O4/c1-13-2-3-19(18(4-13)14-5-20(33)28(41)24(37)6-14)32(15-7-21(34)29(42)25(38)10-15,16-8-22(35)30(43)26(39)11-16)17-9-23(36)31(44)27(40)12-17/h2-12,41-44H,1H3. The number of aryl methyl sites for hydroxylation is 1. The number of hydrogen-bond donors (Lipinski definition) is 4. The van der Waals surface area contributed by atoms with Gasteiger partial charge in [-0.25, -0.2) is 0 Å². The van der Waals surface area contributed by atoms with Gasteiger partial charge in [0, 0.05) is 0 Å². The lowest BCUT2D eigenvalue weighted by Gasteiger charge is -2.39. The lowest BCUT2D eigenvalue weighted by Crippen LogP contribution is -2.32. The Morgan fingerprint density at radius 1 is 0.500 bits per heavy atom. The highest BCUT2D eigenvalue weighted by atomic mass is 79.9. The topological polar surface area (TPSA) is 80.9 Å². The lowest BCUT2D eigenvalue weighted by molar-refractivity contribution is 0.471. The monoisotopic (exact) mass is 922 g/mol. The van der Waals surface area contributed by atoms with Crippen LogP contribution in [0.25, 0.3) is 11.1 Å². The number of rotatable bonds is 5. The maximum Gasteiger partial charge on any atom is 0.148 e. The van der Waals surface area contributed by atoms with Gasteiger partial charge >= 0.3 is 0 Å². The first-order valence-corrected chi connectivity index (χ1v) is 17.2. The minimum Gasteiger partial charge on any atom is -0.505 e. The second-order valence-electron chi connectivity index (χ2n) is 9.95. The molecule has 0 heterocycles. The minimum atomic E-state index is -1.33. The Morgan fingerprint density at radius 2 is 0.864 bits per heavy atom. The van der Waals surface area contributed by atoms with Crippen LogP contribution in [0.1, 0.15) is 27.8 Å². The summed E-state index contributed by atoms with van der Waals surface area (Å²) in [6.07, 6.45) is 0. The Morgan fingerprint density at radius 3 is 1.23 bits per heavy atom. The van der Waals surface area contributed by atoms with E-state index in [1.165, 1.54) is 0 Å². The smallest absolute Gasteiger partial charge is 0.148 e. The Labute approximate surface area is 306 Å². The van der Waals surface area contributed by atoms with E-state index in [0.717, 1.165) is 5.56 Å². The number of benzene rings is 5. The number of phenols is 4. The molecule has 0 saturated carbocycles. The van der Waals surface area contributed by atoms with Crippen LogP contribution in [0, 0.1) is 6.92 Å². The number of aromatic hydroxyl groups is 4. The predicted molar refractivity (Wildman–Crippen MR) is 192 cm³/mol. The minimum absolute atomic E-state index is 0.0655. The van der Waals surface area contributed by atoms with Crippen LogP contribution in [-0.2, 0) is 5.41 Å². The molecule has 226 valence electrons. The molecule has 5 aromatic rings. The van der Waals surface area contributed by atoms with Gasteiger partial charge in [0.15, 0.2) is 0 Å². The van der Waals surface area contributed by atoms with Gasteiger partial charge in [-0.3, -0.25) is 0 Å². The molecule has 0 aliphatic rings. The zero-order valence-electron chi connectivity index (χ0n) is 22.2. The summed E-state index contributed by atoms with van der Waals surface area (Å²) < 4.78 is 1.35. The molecule has 0 bridgehead atoms. The van der Waals surface area contributed by atoms with Crippen molar-refractivity contribution < 1.29 is 20.4 Å². The van der Waals surface area contributed by atoms with Gasteiger partial charge in [-0.1, -0.05) is 70.2 Å². The maximum absolute atomic E-state index is 10.7. The fraction of sp³-hybridized carbons (Fsp3) is 0.0625. The summed E-state index contributed by atoms with van der Waals surface area (Å²) in [5.41, 5.74) is 3.38. The van der Waals surface area contributed by atoms with Gasteiger partial charge in [-0.05, 0) is 153 Å². The molecule has 4 N–H and O–H groups in total. The van der Waals surface area contributed by atoms with Crippen molar-refractivity contribution in [3.63, 3.8) is 0 Å². The molecule has 0 aromatic heterocycles. The second-order valence-corrected chi connectivity index (χ2v) is 15.0. The molecular formula is C32H18Br4Cl4O4. The van der Waals surface area contributed by atoms with Crippen LogP contribution >= 0.6 is 110 Å². The normalized spacial score (nSPS) is 11.7. The molecule has 5 rings (SSSR count). The van der Waals surface area contributed by atoms with E-state index >= 15 is 0 Å². The van der Waals surface area contributed by atoms with Gasteiger partial charge in [0.05, 0.1) is 43.4 Å². The molecule has 0 radical (unpaired) electrons. The Kier molecular flexibility index (Phi) is 9.87. The molecule has 0 saturated heterocycles. The van der Waals surface area contributed by atoms with Gasteiger partial charge in [0.25, 0.3) is 0 Å². The van der Waals surface area contributed by atoms with E-state index in [-0.39, 0.29) is 43.1 Å². The highest BCUT2D eigenvalue weighted by Crippen LogP contribution is 2.54. The molecule has 0 amide bonds. The van der Waals surface area contributed by atoms with E-state index in [2.05, 4.69) is 63.7 Å². The van der Waals surface area contributed by atoms with Crippen LogP contribution in [0.2, 0.25) is 20.1 Å². The van der Waals surface area contributed by atoms with Crippen LogP contribution < -0.4 is 0 Å². The van der Waals surface area contributed by atoms with Gasteiger partial charge in [0.2, 0.25) is 0 Å². The number of hydrogen-bond acceptors (Lipinski definition) is 4. The van der Waals surface area contributed by atoms with E-state index in [9.17, 15) is 20.4 Å². The van der Waals surface area contributed by atoms with Crippen molar-refractivity contribution in [2.24, 2.45) is 0 Å². The molecule has 12 heteroatoms. The molecule has 44 heavy (non-hydrogen) atoms. The summed E-state index contributed by atoms with van der Waals surface area (Å²) in [7, 11) is 0. The molecular weight excluding hydrogens is 910 g/mol. The Balaban J connectivity index is 2.10. The van der Waals surface area contributed by atoms with Gasteiger partial charge in [-0.15, -0.1) is 0 Å². The van der Waals surface area contributed by atoms with E-state index in [1.807, 2.05) is 25.1 Å². The van der Waals surface area contributed by atoms with Crippen molar-refractivity contribution in [3.05, 3.63) is 133 Å². The molecule has 0 spiro atoms. The third-order valence-corrected chi connectivity index (χ3v) is 10.8. The van der Waals surface area contributed by atoms with Crippen molar-refractivity contribution in [1.29, 1.82) is 0 Å². The van der Waals surface area contributed by atoms with Crippen LogP contribution in [0.15, 0.2) is 84.6 Å². The predicted octanol–water partition coefficient (Wildman–Crippen LogP) is 12.5. The first-order chi connectivity index (χ1) is 20.7. The summed E-state index contributed by atoms with van der Waals surface area (Å²) >= 11 is 40.1. The van der Waals surface area contributed by atoms with E-state index < -0.39 is 5.41 Å². The first-order valence-electron chi connectivity index (χ1n) is 12.5. The highest BCUT2D eigenvalue weighted by molar-refractivity contribution is 9.11.